The molecule has 0 fully saturated rings. The minimum absolute atomic E-state index is 0.0933. The SMILES string of the molecule is CC(C)Oc1nc2ccccc2nc1SCCS. The molecule has 0 saturated heterocycles. The van der Waals surface area contributed by atoms with Gasteiger partial charge in [-0.2, -0.15) is 12.6 Å². The second kappa shape index (κ2) is 6.29. The fourth-order valence-corrected chi connectivity index (χ4v) is 2.44. The molecule has 1 heterocycles. The van der Waals surface area contributed by atoms with Crippen LogP contribution >= 0.6 is 24.4 Å². The van der Waals surface area contributed by atoms with E-state index in [0.29, 0.717) is 5.88 Å². The van der Waals surface area contributed by atoms with Crippen LogP contribution in [0.4, 0.5) is 0 Å². The second-order valence-corrected chi connectivity index (χ2v) is 5.59. The van der Waals surface area contributed by atoms with Crippen molar-refractivity contribution in [3.63, 3.8) is 0 Å². The van der Waals surface area contributed by atoms with E-state index in [1.54, 1.807) is 11.8 Å². The monoisotopic (exact) mass is 280 g/mol. The van der Waals surface area contributed by atoms with Gasteiger partial charge in [0, 0.05) is 5.75 Å². The maximum Gasteiger partial charge on any atom is 0.247 e. The van der Waals surface area contributed by atoms with Gasteiger partial charge in [-0.1, -0.05) is 12.1 Å². The molecule has 0 radical (unpaired) electrons. The highest BCUT2D eigenvalue weighted by atomic mass is 32.2. The van der Waals surface area contributed by atoms with Gasteiger partial charge in [0.1, 0.15) is 0 Å². The lowest BCUT2D eigenvalue weighted by atomic mass is 10.3. The third-order valence-electron chi connectivity index (χ3n) is 2.19. The molecule has 3 nitrogen and oxygen atoms in total. The molecule has 5 heteroatoms. The molecule has 0 amide bonds. The van der Waals surface area contributed by atoms with Crippen molar-refractivity contribution in [1.29, 1.82) is 0 Å². The summed E-state index contributed by atoms with van der Waals surface area (Å²) in [4.78, 5) is 9.14. The Morgan fingerprint density at radius 2 is 1.89 bits per heavy atom. The fraction of sp³-hybridized carbons (Fsp3) is 0.385. The van der Waals surface area contributed by atoms with E-state index < -0.39 is 0 Å². The van der Waals surface area contributed by atoms with Crippen LogP contribution in [0.3, 0.4) is 0 Å². The minimum atomic E-state index is 0.0933. The van der Waals surface area contributed by atoms with Crippen LogP contribution in [0.2, 0.25) is 0 Å². The lowest BCUT2D eigenvalue weighted by Crippen LogP contribution is -2.09. The van der Waals surface area contributed by atoms with Crippen molar-refractivity contribution in [3.8, 4) is 5.88 Å². The van der Waals surface area contributed by atoms with Gasteiger partial charge in [-0.25, -0.2) is 9.97 Å². The molecule has 0 aliphatic rings. The number of para-hydroxylation sites is 2. The first-order valence-electron chi connectivity index (χ1n) is 5.88. The molecule has 96 valence electrons. The van der Waals surface area contributed by atoms with Gasteiger partial charge in [0.15, 0.2) is 5.03 Å². The second-order valence-electron chi connectivity index (χ2n) is 4.06. The van der Waals surface area contributed by atoms with Crippen LogP contribution in [-0.4, -0.2) is 27.6 Å². The predicted molar refractivity (Wildman–Crippen MR) is 79.9 cm³/mol. The number of benzene rings is 1. The molecule has 0 atom stereocenters. The molecule has 0 aliphatic carbocycles. The summed E-state index contributed by atoms with van der Waals surface area (Å²) in [6.45, 7) is 3.98. The summed E-state index contributed by atoms with van der Waals surface area (Å²) >= 11 is 5.85. The molecular weight excluding hydrogens is 264 g/mol. The van der Waals surface area contributed by atoms with Crippen molar-refractivity contribution in [3.05, 3.63) is 24.3 Å². The normalized spacial score (nSPS) is 11.1. The number of rotatable bonds is 5. The van der Waals surface area contributed by atoms with Crippen LogP contribution in [0.1, 0.15) is 13.8 Å². The van der Waals surface area contributed by atoms with Crippen LogP contribution in [-0.2, 0) is 0 Å². The minimum Gasteiger partial charge on any atom is -0.473 e. The lowest BCUT2D eigenvalue weighted by molar-refractivity contribution is 0.225. The maximum absolute atomic E-state index is 5.73. The highest BCUT2D eigenvalue weighted by Gasteiger charge is 2.11. The average Bonchev–Trinajstić information content (AvgIpc) is 2.35. The summed E-state index contributed by atoms with van der Waals surface area (Å²) in [7, 11) is 0. The van der Waals surface area contributed by atoms with Crippen molar-refractivity contribution < 1.29 is 4.74 Å². The molecule has 0 aliphatic heterocycles. The molecule has 0 spiro atoms. The summed E-state index contributed by atoms with van der Waals surface area (Å²) in [6.07, 6.45) is 0.0933. The van der Waals surface area contributed by atoms with E-state index in [1.165, 1.54) is 0 Å². The summed E-state index contributed by atoms with van der Waals surface area (Å²) in [5.74, 6) is 2.32. The van der Waals surface area contributed by atoms with Crippen LogP contribution < -0.4 is 4.74 Å². The molecule has 1 aromatic carbocycles. The predicted octanol–water partition coefficient (Wildman–Crippen LogP) is 3.44. The van der Waals surface area contributed by atoms with Crippen molar-refractivity contribution in [2.75, 3.05) is 11.5 Å². The van der Waals surface area contributed by atoms with E-state index in [4.69, 9.17) is 4.74 Å². The number of fused-ring (bicyclic) bond motifs is 1. The first-order chi connectivity index (χ1) is 8.70. The number of hydrogen-bond acceptors (Lipinski definition) is 5. The van der Waals surface area contributed by atoms with Gasteiger partial charge in [0.05, 0.1) is 17.1 Å². The largest absolute Gasteiger partial charge is 0.473 e. The summed E-state index contributed by atoms with van der Waals surface area (Å²) in [5, 5.41) is 0.844. The lowest BCUT2D eigenvalue weighted by Gasteiger charge is -2.12. The standard InChI is InChI=1S/C13H16N2OS2/c1-9(2)16-12-13(18-8-7-17)15-11-6-4-3-5-10(11)14-12/h3-6,9,17H,7-8H2,1-2H3. The van der Waals surface area contributed by atoms with E-state index in [9.17, 15) is 0 Å². The maximum atomic E-state index is 5.73. The molecule has 0 saturated carbocycles. The van der Waals surface area contributed by atoms with E-state index >= 15 is 0 Å². The molecule has 2 aromatic rings. The third kappa shape index (κ3) is 3.29. The highest BCUT2D eigenvalue weighted by molar-refractivity contribution is 8.00. The van der Waals surface area contributed by atoms with Crippen LogP contribution in [0.25, 0.3) is 11.0 Å². The molecule has 0 N–H and O–H groups in total. The summed E-state index contributed by atoms with van der Waals surface area (Å²) < 4.78 is 5.73. The molecule has 0 bridgehead atoms. The molecule has 0 unspecified atom stereocenters. The van der Waals surface area contributed by atoms with E-state index in [0.717, 1.165) is 27.6 Å². The van der Waals surface area contributed by atoms with Gasteiger partial charge < -0.3 is 4.74 Å². The highest BCUT2D eigenvalue weighted by Crippen LogP contribution is 2.28. The Labute approximate surface area is 117 Å². The quantitative estimate of drug-likeness (QED) is 0.672. The van der Waals surface area contributed by atoms with E-state index in [1.807, 2.05) is 38.1 Å². The van der Waals surface area contributed by atoms with Gasteiger partial charge in [0.25, 0.3) is 0 Å². The number of thiol groups is 1. The van der Waals surface area contributed by atoms with Crippen LogP contribution in [0, 0.1) is 0 Å². The van der Waals surface area contributed by atoms with Gasteiger partial charge >= 0.3 is 0 Å². The number of hydrogen-bond donors (Lipinski definition) is 1. The van der Waals surface area contributed by atoms with Crippen LogP contribution in [0.5, 0.6) is 5.88 Å². The average molecular weight is 280 g/mol. The van der Waals surface area contributed by atoms with Gasteiger partial charge in [-0.15, -0.1) is 11.8 Å². The Kier molecular flexibility index (Phi) is 4.72. The number of thioether (sulfide) groups is 1. The number of ether oxygens (including phenoxy) is 1. The number of nitrogens with zero attached hydrogens (tertiary/aromatic N) is 2. The number of aromatic nitrogens is 2. The Hall–Kier alpha value is -0.940. The molecule has 2 rings (SSSR count). The van der Waals surface area contributed by atoms with Crippen LogP contribution in [0.15, 0.2) is 29.3 Å². The first-order valence-corrected chi connectivity index (χ1v) is 7.49. The molecule has 18 heavy (non-hydrogen) atoms. The Bertz CT molecular complexity index is 531. The first kappa shape index (κ1) is 13.5. The zero-order chi connectivity index (χ0) is 13.0. The molecular formula is C13H16N2OS2. The van der Waals surface area contributed by atoms with Crippen molar-refractivity contribution >= 4 is 35.4 Å². The topological polar surface area (TPSA) is 35.0 Å². The fourth-order valence-electron chi connectivity index (χ4n) is 1.50. The van der Waals surface area contributed by atoms with Gasteiger partial charge in [0.2, 0.25) is 5.88 Å². The van der Waals surface area contributed by atoms with Gasteiger partial charge in [-0.3, -0.25) is 0 Å². The third-order valence-corrected chi connectivity index (χ3v) is 3.66. The Morgan fingerprint density at radius 3 is 2.50 bits per heavy atom. The van der Waals surface area contributed by atoms with Gasteiger partial charge in [-0.05, 0) is 31.7 Å². The van der Waals surface area contributed by atoms with E-state index in [-0.39, 0.29) is 6.10 Å². The van der Waals surface area contributed by atoms with E-state index in [2.05, 4.69) is 22.6 Å². The smallest absolute Gasteiger partial charge is 0.247 e. The Balaban J connectivity index is 2.42. The zero-order valence-corrected chi connectivity index (χ0v) is 12.2. The van der Waals surface area contributed by atoms with Crippen molar-refractivity contribution in [2.24, 2.45) is 0 Å². The van der Waals surface area contributed by atoms with Crippen molar-refractivity contribution in [2.45, 2.75) is 25.0 Å². The summed E-state index contributed by atoms with van der Waals surface area (Å²) in [6, 6.07) is 7.83. The molecule has 1 aromatic heterocycles. The zero-order valence-electron chi connectivity index (χ0n) is 10.5. The van der Waals surface area contributed by atoms with Crippen molar-refractivity contribution in [1.82, 2.24) is 9.97 Å². The summed E-state index contributed by atoms with van der Waals surface area (Å²) in [5.41, 5.74) is 1.76. The Morgan fingerprint density at radius 1 is 1.22 bits per heavy atom.